The zero-order valence-corrected chi connectivity index (χ0v) is 14.9. The summed E-state index contributed by atoms with van der Waals surface area (Å²) in [7, 11) is 0. The summed E-state index contributed by atoms with van der Waals surface area (Å²) < 4.78 is 11.2. The van der Waals surface area contributed by atoms with E-state index in [1.54, 1.807) is 12.2 Å². The Bertz CT molecular complexity index is 587. The van der Waals surface area contributed by atoms with E-state index in [1.807, 2.05) is 0 Å². The molecule has 4 nitrogen and oxygen atoms in total. The zero-order chi connectivity index (χ0) is 17.6. The number of hydrogen-bond acceptors (Lipinski definition) is 4. The zero-order valence-electron chi connectivity index (χ0n) is 14.9. The van der Waals surface area contributed by atoms with E-state index in [0.29, 0.717) is 17.6 Å². The van der Waals surface area contributed by atoms with E-state index in [0.717, 1.165) is 56.9 Å². The Kier molecular flexibility index (Phi) is 6.11. The molecule has 0 unspecified atom stereocenters. The van der Waals surface area contributed by atoms with Gasteiger partial charge in [-0.3, -0.25) is 0 Å². The fourth-order valence-corrected chi connectivity index (χ4v) is 3.86. The molecule has 0 bridgehead atoms. The van der Waals surface area contributed by atoms with Crippen molar-refractivity contribution in [1.29, 1.82) is 0 Å². The van der Waals surface area contributed by atoms with Crippen LogP contribution in [0.15, 0.2) is 35.5 Å². The topological polar surface area (TPSA) is 52.6 Å². The van der Waals surface area contributed by atoms with Crippen molar-refractivity contribution in [3.8, 4) is 0 Å². The van der Waals surface area contributed by atoms with Crippen LogP contribution in [0, 0.1) is 0 Å². The molecule has 0 radical (unpaired) electrons. The third kappa shape index (κ3) is 5.07. The van der Waals surface area contributed by atoms with Crippen LogP contribution in [0.1, 0.15) is 70.6 Å². The predicted octanol–water partition coefficient (Wildman–Crippen LogP) is 4.55. The minimum absolute atomic E-state index is 0.00313. The Balaban J connectivity index is 1.61. The maximum absolute atomic E-state index is 12.5. The fraction of sp³-hybridized carbons (Fsp3) is 0.619. The molecule has 3 aliphatic carbocycles. The molecule has 0 aliphatic heterocycles. The molecule has 0 N–H and O–H groups in total. The molecule has 0 heterocycles. The minimum atomic E-state index is -0.351. The molecular formula is C21H28O4. The number of esters is 2. The van der Waals surface area contributed by atoms with Gasteiger partial charge >= 0.3 is 11.9 Å². The summed E-state index contributed by atoms with van der Waals surface area (Å²) in [6.45, 7) is 3.94. The SMILES string of the molecule is C=C1C=C(C(=O)OC2CCCCC2)C=C(C(=O)OC2CCCCC2)C1. The van der Waals surface area contributed by atoms with Gasteiger partial charge in [-0.2, -0.15) is 0 Å². The highest BCUT2D eigenvalue weighted by Gasteiger charge is 2.25. The Morgan fingerprint density at radius 3 is 1.88 bits per heavy atom. The molecule has 0 aromatic carbocycles. The van der Waals surface area contributed by atoms with Gasteiger partial charge in [0.05, 0.1) is 5.57 Å². The molecule has 25 heavy (non-hydrogen) atoms. The van der Waals surface area contributed by atoms with Gasteiger partial charge in [-0.25, -0.2) is 9.59 Å². The van der Waals surface area contributed by atoms with Crippen LogP contribution >= 0.6 is 0 Å². The van der Waals surface area contributed by atoms with Gasteiger partial charge in [0, 0.05) is 12.0 Å². The van der Waals surface area contributed by atoms with Crippen LogP contribution in [-0.4, -0.2) is 24.1 Å². The van der Waals surface area contributed by atoms with E-state index >= 15 is 0 Å². The highest BCUT2D eigenvalue weighted by atomic mass is 16.5. The van der Waals surface area contributed by atoms with Gasteiger partial charge < -0.3 is 9.47 Å². The summed E-state index contributed by atoms with van der Waals surface area (Å²) >= 11 is 0. The first-order valence-corrected chi connectivity index (χ1v) is 9.64. The molecule has 2 saturated carbocycles. The number of hydrogen-bond donors (Lipinski definition) is 0. The molecule has 3 aliphatic rings. The normalized spacial score (nSPS) is 22.8. The minimum Gasteiger partial charge on any atom is -0.459 e. The molecule has 2 fully saturated rings. The van der Waals surface area contributed by atoms with Gasteiger partial charge in [0.25, 0.3) is 0 Å². The summed E-state index contributed by atoms with van der Waals surface area (Å²) in [6, 6.07) is 0. The van der Waals surface area contributed by atoms with Crippen molar-refractivity contribution >= 4 is 11.9 Å². The lowest BCUT2D eigenvalue weighted by Crippen LogP contribution is -2.24. The third-order valence-corrected chi connectivity index (χ3v) is 5.26. The van der Waals surface area contributed by atoms with Crippen molar-refractivity contribution < 1.29 is 19.1 Å². The standard InChI is InChI=1S/C21H28O4/c1-15-12-16(20(22)24-18-8-4-2-5-9-18)14-17(13-15)21(23)25-19-10-6-3-7-11-19/h12,14,18-19H,1-11,13H2. The Morgan fingerprint density at radius 2 is 1.32 bits per heavy atom. The van der Waals surface area contributed by atoms with Crippen LogP contribution in [0.25, 0.3) is 0 Å². The third-order valence-electron chi connectivity index (χ3n) is 5.26. The first kappa shape index (κ1) is 18.0. The monoisotopic (exact) mass is 344 g/mol. The van der Waals surface area contributed by atoms with Crippen LogP contribution in [0.4, 0.5) is 0 Å². The molecule has 0 amide bonds. The number of carbonyl (C=O) groups is 2. The highest BCUT2D eigenvalue weighted by molar-refractivity contribution is 5.98. The number of ether oxygens (including phenoxy) is 2. The number of carbonyl (C=O) groups excluding carboxylic acids is 2. The summed E-state index contributed by atoms with van der Waals surface area (Å²) in [5, 5.41) is 0. The molecule has 0 saturated heterocycles. The van der Waals surface area contributed by atoms with Crippen LogP contribution in [0.3, 0.4) is 0 Å². The molecular weight excluding hydrogens is 316 g/mol. The van der Waals surface area contributed by atoms with Crippen molar-refractivity contribution in [2.45, 2.75) is 82.8 Å². The lowest BCUT2D eigenvalue weighted by atomic mass is 9.94. The van der Waals surface area contributed by atoms with Gasteiger partial charge in [0.15, 0.2) is 0 Å². The largest absolute Gasteiger partial charge is 0.459 e. The second kappa shape index (κ2) is 8.50. The van der Waals surface area contributed by atoms with Crippen molar-refractivity contribution in [2.75, 3.05) is 0 Å². The number of rotatable bonds is 4. The van der Waals surface area contributed by atoms with E-state index in [-0.39, 0.29) is 24.1 Å². The molecule has 4 heteroatoms. The van der Waals surface area contributed by atoms with Crippen molar-refractivity contribution in [3.63, 3.8) is 0 Å². The highest BCUT2D eigenvalue weighted by Crippen LogP contribution is 2.27. The van der Waals surface area contributed by atoms with Crippen LogP contribution in [0.2, 0.25) is 0 Å². The molecule has 136 valence electrons. The van der Waals surface area contributed by atoms with E-state index in [9.17, 15) is 9.59 Å². The Hall–Kier alpha value is -1.84. The predicted molar refractivity (Wildman–Crippen MR) is 95.9 cm³/mol. The van der Waals surface area contributed by atoms with Crippen LogP contribution in [-0.2, 0) is 19.1 Å². The Labute approximate surface area is 150 Å². The summed E-state index contributed by atoms with van der Waals surface area (Å²) in [5.74, 6) is -0.667. The first-order valence-electron chi connectivity index (χ1n) is 9.64. The maximum atomic E-state index is 12.5. The van der Waals surface area contributed by atoms with E-state index in [4.69, 9.17) is 9.47 Å². The second-order valence-corrected chi connectivity index (χ2v) is 7.43. The van der Waals surface area contributed by atoms with Gasteiger partial charge in [-0.05, 0) is 69.1 Å². The van der Waals surface area contributed by atoms with Crippen molar-refractivity contribution in [1.82, 2.24) is 0 Å². The van der Waals surface area contributed by atoms with E-state index in [2.05, 4.69) is 6.58 Å². The van der Waals surface area contributed by atoms with Gasteiger partial charge in [0.1, 0.15) is 12.2 Å². The van der Waals surface area contributed by atoms with Gasteiger partial charge in [-0.1, -0.05) is 19.4 Å². The Morgan fingerprint density at radius 1 is 0.800 bits per heavy atom. The number of allylic oxidation sites excluding steroid dienone is 2. The molecule has 0 aromatic rings. The van der Waals surface area contributed by atoms with Crippen LogP contribution < -0.4 is 0 Å². The molecule has 0 atom stereocenters. The second-order valence-electron chi connectivity index (χ2n) is 7.43. The lowest BCUT2D eigenvalue weighted by Gasteiger charge is -2.24. The smallest absolute Gasteiger partial charge is 0.338 e. The van der Waals surface area contributed by atoms with Gasteiger partial charge in [-0.15, -0.1) is 0 Å². The van der Waals surface area contributed by atoms with E-state index < -0.39 is 0 Å². The maximum Gasteiger partial charge on any atom is 0.338 e. The average Bonchev–Trinajstić information content (AvgIpc) is 2.63. The molecule has 0 aromatic heterocycles. The summed E-state index contributed by atoms with van der Waals surface area (Å²) in [4.78, 5) is 24.9. The lowest BCUT2D eigenvalue weighted by molar-refractivity contribution is -0.145. The fourth-order valence-electron chi connectivity index (χ4n) is 3.86. The van der Waals surface area contributed by atoms with Gasteiger partial charge in [0.2, 0.25) is 0 Å². The van der Waals surface area contributed by atoms with E-state index in [1.165, 1.54) is 12.8 Å². The average molecular weight is 344 g/mol. The van der Waals surface area contributed by atoms with Crippen molar-refractivity contribution in [2.24, 2.45) is 0 Å². The summed E-state index contributed by atoms with van der Waals surface area (Å²) in [6.07, 6.45) is 14.4. The van der Waals surface area contributed by atoms with Crippen LogP contribution in [0.5, 0.6) is 0 Å². The first-order chi connectivity index (χ1) is 12.1. The molecule has 0 spiro atoms. The quantitative estimate of drug-likeness (QED) is 0.702. The summed E-state index contributed by atoms with van der Waals surface area (Å²) in [5.41, 5.74) is 1.67. The molecule has 3 rings (SSSR count). The van der Waals surface area contributed by atoms with Crippen molar-refractivity contribution in [3.05, 3.63) is 35.5 Å².